The fraction of sp³-hybridized carbons (Fsp3) is 0.722. The predicted octanol–water partition coefficient (Wildman–Crippen LogP) is 3.36. The van der Waals surface area contributed by atoms with Crippen LogP contribution in [-0.2, 0) is 15.9 Å². The number of nitrogens with zero attached hydrogens (tertiary/aromatic N) is 1. The highest BCUT2D eigenvalue weighted by Gasteiger charge is 2.15. The molecule has 25 heavy (non-hydrogen) atoms. The van der Waals surface area contributed by atoms with E-state index in [0.717, 1.165) is 51.6 Å². The van der Waals surface area contributed by atoms with E-state index >= 15 is 0 Å². The smallest absolute Gasteiger partial charge is 0.191 e. The Morgan fingerprint density at radius 1 is 1.48 bits per heavy atom. The van der Waals surface area contributed by atoms with Gasteiger partial charge in [-0.2, -0.15) is 0 Å². The maximum absolute atomic E-state index is 5.67. The summed E-state index contributed by atoms with van der Waals surface area (Å²) in [5, 5.41) is 6.80. The number of rotatable bonds is 9. The second-order valence-corrected chi connectivity index (χ2v) is 7.70. The zero-order valence-corrected chi connectivity index (χ0v) is 18.7. The van der Waals surface area contributed by atoms with Gasteiger partial charge in [0.2, 0.25) is 0 Å². The number of guanidine groups is 1. The summed E-state index contributed by atoms with van der Waals surface area (Å²) in [5.74, 6) is 0.856. The van der Waals surface area contributed by atoms with Gasteiger partial charge in [-0.3, -0.25) is 4.99 Å². The molecule has 1 aromatic heterocycles. The Morgan fingerprint density at radius 3 is 2.96 bits per heavy atom. The van der Waals surface area contributed by atoms with Gasteiger partial charge in [0.05, 0.1) is 12.7 Å². The third-order valence-electron chi connectivity index (χ3n) is 4.00. The molecule has 5 nitrogen and oxygen atoms in total. The fourth-order valence-corrected chi connectivity index (χ4v) is 3.77. The van der Waals surface area contributed by atoms with Crippen LogP contribution in [0.4, 0.5) is 0 Å². The van der Waals surface area contributed by atoms with Gasteiger partial charge in [-0.25, -0.2) is 0 Å². The molecule has 1 saturated heterocycles. The van der Waals surface area contributed by atoms with Gasteiger partial charge >= 0.3 is 0 Å². The first-order chi connectivity index (χ1) is 11.7. The molecule has 144 valence electrons. The zero-order chi connectivity index (χ0) is 17.2. The lowest BCUT2D eigenvalue weighted by molar-refractivity contribution is 0.0168. The molecule has 0 aliphatic carbocycles. The van der Waals surface area contributed by atoms with Crippen molar-refractivity contribution >= 4 is 41.3 Å². The minimum atomic E-state index is 0. The van der Waals surface area contributed by atoms with Crippen LogP contribution >= 0.6 is 35.3 Å². The van der Waals surface area contributed by atoms with Crippen LogP contribution in [0.1, 0.15) is 35.9 Å². The van der Waals surface area contributed by atoms with Crippen molar-refractivity contribution in [2.45, 2.75) is 51.7 Å². The van der Waals surface area contributed by atoms with E-state index in [-0.39, 0.29) is 24.0 Å². The first-order valence-corrected chi connectivity index (χ1v) is 9.71. The van der Waals surface area contributed by atoms with Gasteiger partial charge in [-0.1, -0.05) is 0 Å². The molecule has 0 aromatic carbocycles. The molecule has 1 aliphatic heterocycles. The predicted molar refractivity (Wildman–Crippen MR) is 117 cm³/mol. The zero-order valence-electron chi connectivity index (χ0n) is 15.5. The summed E-state index contributed by atoms with van der Waals surface area (Å²) >= 11 is 1.86. The third-order valence-corrected chi connectivity index (χ3v) is 5.02. The molecule has 2 unspecified atom stereocenters. The van der Waals surface area contributed by atoms with Gasteiger partial charge < -0.3 is 20.1 Å². The van der Waals surface area contributed by atoms with Crippen LogP contribution in [0, 0.1) is 6.92 Å². The molecule has 2 rings (SSSR count). The molecule has 0 bridgehead atoms. The fourth-order valence-electron chi connectivity index (χ4n) is 2.75. The van der Waals surface area contributed by atoms with Crippen molar-refractivity contribution in [2.75, 3.05) is 33.4 Å². The van der Waals surface area contributed by atoms with Crippen molar-refractivity contribution in [3.8, 4) is 0 Å². The number of ether oxygens (including phenoxy) is 2. The van der Waals surface area contributed by atoms with E-state index in [2.05, 4.69) is 41.6 Å². The standard InChI is InChI=1S/C18H31N3O2S.HI/c1-14(12-17-8-7-15(2)24-17)21-18(19-3)20-9-5-10-22-13-16-6-4-11-23-16;/h7-8,14,16H,4-6,9-13H2,1-3H3,(H2,19,20,21);1H. The number of thiophene rings is 1. The lowest BCUT2D eigenvalue weighted by atomic mass is 10.2. The third kappa shape index (κ3) is 9.21. The topological polar surface area (TPSA) is 54.9 Å². The Bertz CT molecular complexity index is 504. The lowest BCUT2D eigenvalue weighted by Crippen LogP contribution is -2.43. The summed E-state index contributed by atoms with van der Waals surface area (Å²) < 4.78 is 11.2. The van der Waals surface area contributed by atoms with Gasteiger partial charge in [0.1, 0.15) is 0 Å². The molecule has 1 fully saturated rings. The van der Waals surface area contributed by atoms with Crippen LogP contribution in [0.15, 0.2) is 17.1 Å². The number of halogens is 1. The first-order valence-electron chi connectivity index (χ1n) is 8.89. The molecule has 0 saturated carbocycles. The monoisotopic (exact) mass is 481 g/mol. The van der Waals surface area contributed by atoms with E-state index in [4.69, 9.17) is 9.47 Å². The van der Waals surface area contributed by atoms with E-state index in [9.17, 15) is 0 Å². The summed E-state index contributed by atoms with van der Waals surface area (Å²) in [6.45, 7) is 7.56. The highest BCUT2D eigenvalue weighted by molar-refractivity contribution is 14.0. The van der Waals surface area contributed by atoms with Crippen LogP contribution < -0.4 is 10.6 Å². The summed E-state index contributed by atoms with van der Waals surface area (Å²) in [5.41, 5.74) is 0. The van der Waals surface area contributed by atoms with Gasteiger partial charge in [0.15, 0.2) is 5.96 Å². The molecule has 7 heteroatoms. The average Bonchev–Trinajstić information content (AvgIpc) is 3.21. The van der Waals surface area contributed by atoms with Crippen LogP contribution in [0.25, 0.3) is 0 Å². The van der Waals surface area contributed by atoms with Crippen LogP contribution in [0.3, 0.4) is 0 Å². The van der Waals surface area contributed by atoms with E-state index in [1.165, 1.54) is 16.2 Å². The Hall–Kier alpha value is -0.380. The van der Waals surface area contributed by atoms with Gasteiger partial charge in [-0.05, 0) is 45.2 Å². The molecular weight excluding hydrogens is 449 g/mol. The number of aryl methyl sites for hydroxylation is 1. The number of hydrogen-bond donors (Lipinski definition) is 2. The molecule has 0 spiro atoms. The van der Waals surface area contributed by atoms with Crippen molar-refractivity contribution in [1.82, 2.24) is 10.6 Å². The summed E-state index contributed by atoms with van der Waals surface area (Å²) in [7, 11) is 1.81. The molecular formula is C18H32IN3O2S. The molecule has 2 N–H and O–H groups in total. The Labute approximate surface area is 173 Å². The molecule has 1 aliphatic rings. The molecule has 2 atom stereocenters. The SMILES string of the molecule is CN=C(NCCCOCC1CCCO1)NC(C)Cc1ccc(C)s1.I. The van der Waals surface area contributed by atoms with Crippen molar-refractivity contribution in [3.05, 3.63) is 21.9 Å². The lowest BCUT2D eigenvalue weighted by Gasteiger charge is -2.17. The molecule has 1 aromatic rings. The Balaban J connectivity index is 0.00000312. The highest BCUT2D eigenvalue weighted by atomic mass is 127. The number of hydrogen-bond acceptors (Lipinski definition) is 4. The van der Waals surface area contributed by atoms with E-state index in [1.807, 2.05) is 18.4 Å². The second-order valence-electron chi connectivity index (χ2n) is 6.32. The summed E-state index contributed by atoms with van der Waals surface area (Å²) in [4.78, 5) is 7.06. The van der Waals surface area contributed by atoms with Crippen molar-refractivity contribution < 1.29 is 9.47 Å². The maximum atomic E-state index is 5.67. The Kier molecular flexibility index (Phi) is 11.7. The van der Waals surface area contributed by atoms with Crippen LogP contribution in [-0.4, -0.2) is 51.5 Å². The quantitative estimate of drug-likeness (QED) is 0.246. The van der Waals surface area contributed by atoms with E-state index in [0.29, 0.717) is 12.1 Å². The van der Waals surface area contributed by atoms with E-state index in [1.54, 1.807) is 0 Å². The Morgan fingerprint density at radius 2 is 2.32 bits per heavy atom. The molecule has 2 heterocycles. The highest BCUT2D eigenvalue weighted by Crippen LogP contribution is 2.16. The average molecular weight is 481 g/mol. The van der Waals surface area contributed by atoms with Crippen molar-refractivity contribution in [2.24, 2.45) is 4.99 Å². The minimum Gasteiger partial charge on any atom is -0.379 e. The molecule has 0 amide bonds. The number of aliphatic imine (C=N–C) groups is 1. The minimum absolute atomic E-state index is 0. The first kappa shape index (κ1) is 22.7. The summed E-state index contributed by atoms with van der Waals surface area (Å²) in [6, 6.07) is 4.74. The van der Waals surface area contributed by atoms with Crippen molar-refractivity contribution in [1.29, 1.82) is 0 Å². The number of nitrogens with one attached hydrogen (secondary N) is 2. The molecule has 0 radical (unpaired) electrons. The maximum Gasteiger partial charge on any atom is 0.191 e. The van der Waals surface area contributed by atoms with Crippen LogP contribution in [0.5, 0.6) is 0 Å². The van der Waals surface area contributed by atoms with Gasteiger partial charge in [0, 0.05) is 49.0 Å². The van der Waals surface area contributed by atoms with Crippen LogP contribution in [0.2, 0.25) is 0 Å². The van der Waals surface area contributed by atoms with Gasteiger partial charge in [0.25, 0.3) is 0 Å². The van der Waals surface area contributed by atoms with E-state index < -0.39 is 0 Å². The van der Waals surface area contributed by atoms with Gasteiger partial charge in [-0.15, -0.1) is 35.3 Å². The van der Waals surface area contributed by atoms with Crippen molar-refractivity contribution in [3.63, 3.8) is 0 Å². The normalized spacial score (nSPS) is 18.7. The summed E-state index contributed by atoms with van der Waals surface area (Å²) in [6.07, 6.45) is 4.60. The largest absolute Gasteiger partial charge is 0.379 e. The second kappa shape index (κ2) is 12.9.